The van der Waals surface area contributed by atoms with E-state index in [0.717, 1.165) is 13.0 Å². The molecule has 2 unspecified atom stereocenters. The molecule has 1 saturated heterocycles. The number of hydrogen-bond donors (Lipinski definition) is 1. The molecule has 1 aliphatic rings. The van der Waals surface area contributed by atoms with Gasteiger partial charge < -0.3 is 15.0 Å². The Morgan fingerprint density at radius 3 is 3.00 bits per heavy atom. The van der Waals surface area contributed by atoms with Crippen LogP contribution in [0.2, 0.25) is 0 Å². The summed E-state index contributed by atoms with van der Waals surface area (Å²) in [6.07, 6.45) is 5.03. The minimum atomic E-state index is -0.580. The van der Waals surface area contributed by atoms with Crippen LogP contribution in [0.5, 0.6) is 0 Å². The van der Waals surface area contributed by atoms with Crippen molar-refractivity contribution in [3.05, 3.63) is 0 Å². The summed E-state index contributed by atoms with van der Waals surface area (Å²) >= 11 is 5.83. The molecule has 0 aromatic carbocycles. The molecule has 0 aromatic rings. The van der Waals surface area contributed by atoms with Crippen molar-refractivity contribution in [1.82, 2.24) is 10.2 Å². The zero-order valence-electron chi connectivity index (χ0n) is 10.7. The lowest BCUT2D eigenvalue weighted by Gasteiger charge is -2.32. The van der Waals surface area contributed by atoms with E-state index >= 15 is 0 Å². The summed E-state index contributed by atoms with van der Waals surface area (Å²) in [5.41, 5.74) is 0. The van der Waals surface area contributed by atoms with Gasteiger partial charge in [0.25, 0.3) is 0 Å². The number of piperidine rings is 1. The van der Waals surface area contributed by atoms with Crippen LogP contribution in [-0.4, -0.2) is 56.1 Å². The average molecular weight is 263 g/mol. The van der Waals surface area contributed by atoms with Crippen molar-refractivity contribution in [3.8, 4) is 0 Å². The third-order valence-electron chi connectivity index (χ3n) is 3.36. The fourth-order valence-electron chi connectivity index (χ4n) is 2.22. The third-order valence-corrected chi connectivity index (χ3v) is 3.69. The van der Waals surface area contributed by atoms with Gasteiger partial charge in [0, 0.05) is 12.6 Å². The van der Waals surface area contributed by atoms with Crippen LogP contribution in [0.3, 0.4) is 0 Å². The highest BCUT2D eigenvalue weighted by Crippen LogP contribution is 2.17. The fraction of sp³-hybridized carbons (Fsp3) is 0.917. The summed E-state index contributed by atoms with van der Waals surface area (Å²) in [4.78, 5) is 13.5. The number of rotatable bonds is 6. The van der Waals surface area contributed by atoms with Gasteiger partial charge in [0.1, 0.15) is 5.38 Å². The Kier molecular flexibility index (Phi) is 6.85. The van der Waals surface area contributed by atoms with Crippen LogP contribution in [0.4, 0.5) is 0 Å². The average Bonchev–Trinajstić information content (AvgIpc) is 2.35. The molecule has 17 heavy (non-hydrogen) atoms. The lowest BCUT2D eigenvalue weighted by Crippen LogP contribution is -2.39. The van der Waals surface area contributed by atoms with E-state index in [4.69, 9.17) is 11.6 Å². The van der Waals surface area contributed by atoms with Gasteiger partial charge in [-0.25, -0.2) is 0 Å². The van der Waals surface area contributed by atoms with Gasteiger partial charge >= 0.3 is 5.97 Å². The summed E-state index contributed by atoms with van der Waals surface area (Å²) in [5.74, 6) is -0.367. The van der Waals surface area contributed by atoms with E-state index in [1.54, 1.807) is 0 Å². The SMILES string of the molecule is COC(=O)C(Cl)CNCCC1CCCCN1C. The maximum absolute atomic E-state index is 11.1. The predicted molar refractivity (Wildman–Crippen MR) is 69.4 cm³/mol. The Labute approximate surface area is 109 Å². The van der Waals surface area contributed by atoms with Gasteiger partial charge in [-0.1, -0.05) is 6.42 Å². The molecular weight excluding hydrogens is 240 g/mol. The van der Waals surface area contributed by atoms with Gasteiger partial charge in [0.05, 0.1) is 7.11 Å². The second kappa shape index (κ2) is 7.90. The lowest BCUT2D eigenvalue weighted by atomic mass is 10.0. The zero-order chi connectivity index (χ0) is 12.7. The summed E-state index contributed by atoms with van der Waals surface area (Å²) in [5, 5.41) is 2.63. The number of esters is 1. The maximum atomic E-state index is 11.1. The number of carbonyl (C=O) groups excluding carboxylic acids is 1. The molecule has 0 amide bonds. The molecule has 1 aliphatic heterocycles. The van der Waals surface area contributed by atoms with E-state index in [-0.39, 0.29) is 5.97 Å². The smallest absolute Gasteiger partial charge is 0.325 e. The van der Waals surface area contributed by atoms with Gasteiger partial charge in [-0.05, 0) is 39.4 Å². The van der Waals surface area contributed by atoms with E-state index in [1.165, 1.54) is 32.9 Å². The monoisotopic (exact) mass is 262 g/mol. The second-order valence-corrected chi connectivity index (χ2v) is 5.14. The topological polar surface area (TPSA) is 41.6 Å². The lowest BCUT2D eigenvalue weighted by molar-refractivity contribution is -0.140. The Morgan fingerprint density at radius 1 is 1.59 bits per heavy atom. The van der Waals surface area contributed by atoms with Crippen LogP contribution in [0.1, 0.15) is 25.7 Å². The molecule has 2 atom stereocenters. The molecule has 1 heterocycles. The first-order valence-electron chi connectivity index (χ1n) is 6.28. The van der Waals surface area contributed by atoms with E-state index in [0.29, 0.717) is 12.6 Å². The fourth-order valence-corrected chi connectivity index (χ4v) is 2.42. The van der Waals surface area contributed by atoms with Gasteiger partial charge in [0.2, 0.25) is 0 Å². The number of likely N-dealkylation sites (tertiary alicyclic amines) is 1. The Hall–Kier alpha value is -0.320. The van der Waals surface area contributed by atoms with E-state index in [2.05, 4.69) is 22.0 Å². The summed E-state index contributed by atoms with van der Waals surface area (Å²) in [7, 11) is 3.54. The predicted octanol–water partition coefficient (Wildman–Crippen LogP) is 1.23. The molecule has 0 aromatic heterocycles. The van der Waals surface area contributed by atoms with Crippen molar-refractivity contribution in [2.45, 2.75) is 37.1 Å². The van der Waals surface area contributed by atoms with Crippen LogP contribution in [-0.2, 0) is 9.53 Å². The van der Waals surface area contributed by atoms with Gasteiger partial charge in [-0.15, -0.1) is 11.6 Å². The maximum Gasteiger partial charge on any atom is 0.325 e. The van der Waals surface area contributed by atoms with Crippen LogP contribution in [0.15, 0.2) is 0 Å². The minimum absolute atomic E-state index is 0.367. The Balaban J connectivity index is 2.09. The van der Waals surface area contributed by atoms with Gasteiger partial charge in [0.15, 0.2) is 0 Å². The van der Waals surface area contributed by atoms with E-state index in [9.17, 15) is 4.79 Å². The number of hydrogen-bond acceptors (Lipinski definition) is 4. The highest BCUT2D eigenvalue weighted by molar-refractivity contribution is 6.30. The highest BCUT2D eigenvalue weighted by Gasteiger charge is 2.19. The largest absolute Gasteiger partial charge is 0.468 e. The van der Waals surface area contributed by atoms with Crippen LogP contribution < -0.4 is 5.32 Å². The first kappa shape index (κ1) is 14.7. The van der Waals surface area contributed by atoms with E-state index < -0.39 is 5.38 Å². The molecule has 1 N–H and O–H groups in total. The third kappa shape index (κ3) is 5.23. The van der Waals surface area contributed by atoms with Crippen LogP contribution in [0.25, 0.3) is 0 Å². The number of carbonyl (C=O) groups is 1. The van der Waals surface area contributed by atoms with Gasteiger partial charge in [-0.3, -0.25) is 4.79 Å². The highest BCUT2D eigenvalue weighted by atomic mass is 35.5. The molecule has 0 spiro atoms. The molecule has 0 bridgehead atoms. The van der Waals surface area contributed by atoms with E-state index in [1.807, 2.05) is 0 Å². The second-order valence-electron chi connectivity index (χ2n) is 4.61. The molecule has 100 valence electrons. The number of alkyl halides is 1. The molecule has 4 nitrogen and oxygen atoms in total. The Morgan fingerprint density at radius 2 is 2.35 bits per heavy atom. The summed E-state index contributed by atoms with van der Waals surface area (Å²) in [6, 6.07) is 0.670. The van der Waals surface area contributed by atoms with Crippen molar-refractivity contribution in [1.29, 1.82) is 0 Å². The number of ether oxygens (including phenoxy) is 1. The number of nitrogens with zero attached hydrogens (tertiary/aromatic N) is 1. The summed E-state index contributed by atoms with van der Waals surface area (Å²) in [6.45, 7) is 2.57. The molecular formula is C12H23ClN2O2. The first-order valence-corrected chi connectivity index (χ1v) is 6.71. The molecule has 0 radical (unpaired) electrons. The molecule has 1 rings (SSSR count). The number of halogens is 1. The first-order chi connectivity index (χ1) is 8.15. The Bertz CT molecular complexity index is 239. The number of methoxy groups -OCH3 is 1. The quantitative estimate of drug-likeness (QED) is 0.444. The van der Waals surface area contributed by atoms with Crippen molar-refractivity contribution in [2.75, 3.05) is 33.8 Å². The van der Waals surface area contributed by atoms with Crippen molar-refractivity contribution < 1.29 is 9.53 Å². The summed E-state index contributed by atoms with van der Waals surface area (Å²) < 4.78 is 4.56. The zero-order valence-corrected chi connectivity index (χ0v) is 11.5. The standard InChI is InChI=1S/C12H23ClN2O2/c1-15-8-4-3-5-10(15)6-7-14-9-11(13)12(16)17-2/h10-11,14H,3-9H2,1-2H3. The van der Waals surface area contributed by atoms with Crippen molar-refractivity contribution in [3.63, 3.8) is 0 Å². The molecule has 1 fully saturated rings. The van der Waals surface area contributed by atoms with Crippen LogP contribution >= 0.6 is 11.6 Å². The molecule has 0 saturated carbocycles. The minimum Gasteiger partial charge on any atom is -0.468 e. The van der Waals surface area contributed by atoms with Crippen molar-refractivity contribution >= 4 is 17.6 Å². The molecule has 0 aliphatic carbocycles. The number of nitrogens with one attached hydrogen (secondary N) is 1. The molecule has 5 heteroatoms. The van der Waals surface area contributed by atoms with Crippen molar-refractivity contribution in [2.24, 2.45) is 0 Å². The van der Waals surface area contributed by atoms with Crippen LogP contribution in [0, 0.1) is 0 Å². The van der Waals surface area contributed by atoms with Gasteiger partial charge in [-0.2, -0.15) is 0 Å². The normalized spacial score (nSPS) is 23.4.